The van der Waals surface area contributed by atoms with Crippen molar-refractivity contribution in [1.29, 1.82) is 0 Å². The highest BCUT2D eigenvalue weighted by Gasteiger charge is 2.11. The van der Waals surface area contributed by atoms with Crippen molar-refractivity contribution < 1.29 is 9.47 Å². The van der Waals surface area contributed by atoms with Crippen LogP contribution in [0.5, 0.6) is 11.5 Å². The molecule has 0 aliphatic rings. The van der Waals surface area contributed by atoms with E-state index in [4.69, 9.17) is 32.7 Å². The van der Waals surface area contributed by atoms with E-state index in [9.17, 15) is 0 Å². The molecule has 0 aliphatic carbocycles. The average Bonchev–Trinajstić information content (AvgIpc) is 2.60. The van der Waals surface area contributed by atoms with Crippen LogP contribution < -0.4 is 14.8 Å². The maximum Gasteiger partial charge on any atom is 0.163 e. The summed E-state index contributed by atoms with van der Waals surface area (Å²) in [6.45, 7) is 6.79. The summed E-state index contributed by atoms with van der Waals surface area (Å²) in [6, 6.07) is 11.4. The first-order chi connectivity index (χ1) is 12.1. The van der Waals surface area contributed by atoms with Crippen LogP contribution in [0.1, 0.15) is 37.8 Å². The predicted molar refractivity (Wildman–Crippen MR) is 105 cm³/mol. The summed E-state index contributed by atoms with van der Waals surface area (Å²) in [5.41, 5.74) is 2.01. The van der Waals surface area contributed by atoms with Crippen LogP contribution in [0, 0.1) is 0 Å². The van der Waals surface area contributed by atoms with Gasteiger partial charge in [0, 0.05) is 22.7 Å². The largest absolute Gasteiger partial charge is 0.490 e. The molecule has 0 radical (unpaired) electrons. The molecule has 2 rings (SSSR count). The number of ether oxygens (including phenoxy) is 2. The highest BCUT2D eigenvalue weighted by molar-refractivity contribution is 6.31. The molecule has 0 saturated heterocycles. The molecule has 0 saturated carbocycles. The van der Waals surface area contributed by atoms with Gasteiger partial charge in [0.25, 0.3) is 0 Å². The summed E-state index contributed by atoms with van der Waals surface area (Å²) >= 11 is 12.4. The second-order valence-electron chi connectivity index (χ2n) is 5.77. The van der Waals surface area contributed by atoms with E-state index in [1.807, 2.05) is 43.3 Å². The molecule has 0 amide bonds. The third kappa shape index (κ3) is 6.43. The summed E-state index contributed by atoms with van der Waals surface area (Å²) < 4.78 is 11.7. The molecule has 5 heteroatoms. The van der Waals surface area contributed by atoms with E-state index in [2.05, 4.69) is 12.2 Å². The zero-order chi connectivity index (χ0) is 18.1. The zero-order valence-electron chi connectivity index (χ0n) is 14.8. The van der Waals surface area contributed by atoms with Crippen molar-refractivity contribution in [3.05, 3.63) is 57.6 Å². The summed E-state index contributed by atoms with van der Waals surface area (Å²) in [5.74, 6) is 1.35. The molecule has 2 aromatic rings. The van der Waals surface area contributed by atoms with Crippen LogP contribution in [-0.2, 0) is 13.2 Å². The van der Waals surface area contributed by atoms with Crippen molar-refractivity contribution in [3.8, 4) is 11.5 Å². The number of benzene rings is 2. The molecule has 3 nitrogen and oxygen atoms in total. The highest BCUT2D eigenvalue weighted by Crippen LogP contribution is 2.34. The summed E-state index contributed by atoms with van der Waals surface area (Å²) in [4.78, 5) is 0. The smallest absolute Gasteiger partial charge is 0.163 e. The van der Waals surface area contributed by atoms with Gasteiger partial charge >= 0.3 is 0 Å². The Bertz CT molecular complexity index is 677. The lowest BCUT2D eigenvalue weighted by Crippen LogP contribution is -2.15. The Morgan fingerprint density at radius 1 is 1.00 bits per heavy atom. The molecule has 0 aliphatic heterocycles. The number of nitrogens with one attached hydrogen (secondary N) is 1. The highest BCUT2D eigenvalue weighted by atomic mass is 35.5. The molecule has 25 heavy (non-hydrogen) atoms. The van der Waals surface area contributed by atoms with E-state index in [0.29, 0.717) is 41.3 Å². The Kier molecular flexibility index (Phi) is 8.39. The Morgan fingerprint density at radius 3 is 2.52 bits per heavy atom. The lowest BCUT2D eigenvalue weighted by atomic mass is 10.2. The van der Waals surface area contributed by atoms with Crippen molar-refractivity contribution in [2.45, 2.75) is 39.8 Å². The van der Waals surface area contributed by atoms with Gasteiger partial charge < -0.3 is 14.8 Å². The van der Waals surface area contributed by atoms with Gasteiger partial charge in [-0.1, -0.05) is 48.7 Å². The van der Waals surface area contributed by atoms with Gasteiger partial charge in [-0.25, -0.2) is 0 Å². The molecule has 0 bridgehead atoms. The first-order valence-corrected chi connectivity index (χ1v) is 9.42. The summed E-state index contributed by atoms with van der Waals surface area (Å²) in [6.07, 6.45) is 2.32. The molecule has 0 atom stereocenters. The number of hydrogen-bond acceptors (Lipinski definition) is 3. The van der Waals surface area contributed by atoms with E-state index in [-0.39, 0.29) is 0 Å². The minimum Gasteiger partial charge on any atom is -0.490 e. The van der Waals surface area contributed by atoms with Crippen molar-refractivity contribution in [2.75, 3.05) is 13.2 Å². The van der Waals surface area contributed by atoms with Gasteiger partial charge in [-0.3, -0.25) is 0 Å². The third-order valence-corrected chi connectivity index (χ3v) is 4.31. The van der Waals surface area contributed by atoms with Crippen molar-refractivity contribution in [2.24, 2.45) is 0 Å². The van der Waals surface area contributed by atoms with Crippen LogP contribution in [0.25, 0.3) is 0 Å². The average molecular weight is 382 g/mol. The SMILES string of the molecule is CCCCNCc1cc(OCC)c(OCc2cccc(Cl)c2)cc1Cl. The maximum absolute atomic E-state index is 6.42. The molecule has 2 aromatic carbocycles. The fraction of sp³-hybridized carbons (Fsp3) is 0.400. The molecular weight excluding hydrogens is 357 g/mol. The van der Waals surface area contributed by atoms with Gasteiger partial charge in [0.2, 0.25) is 0 Å². The molecule has 0 aromatic heterocycles. The van der Waals surface area contributed by atoms with Crippen LogP contribution in [0.15, 0.2) is 36.4 Å². The van der Waals surface area contributed by atoms with Crippen molar-refractivity contribution in [3.63, 3.8) is 0 Å². The van der Waals surface area contributed by atoms with E-state index in [0.717, 1.165) is 24.1 Å². The van der Waals surface area contributed by atoms with Gasteiger partial charge in [0.05, 0.1) is 6.61 Å². The predicted octanol–water partition coefficient (Wildman–Crippen LogP) is 5.86. The summed E-state index contributed by atoms with van der Waals surface area (Å²) in [5, 5.41) is 4.77. The first-order valence-electron chi connectivity index (χ1n) is 8.67. The zero-order valence-corrected chi connectivity index (χ0v) is 16.3. The van der Waals surface area contributed by atoms with Gasteiger partial charge in [0.15, 0.2) is 11.5 Å². The van der Waals surface area contributed by atoms with Crippen LogP contribution >= 0.6 is 23.2 Å². The number of unbranched alkanes of at least 4 members (excludes halogenated alkanes) is 1. The lowest BCUT2D eigenvalue weighted by molar-refractivity contribution is 0.269. The Labute approximate surface area is 160 Å². The second kappa shape index (κ2) is 10.5. The van der Waals surface area contributed by atoms with Gasteiger partial charge in [-0.05, 0) is 49.2 Å². The third-order valence-electron chi connectivity index (χ3n) is 3.72. The minimum atomic E-state index is 0.408. The fourth-order valence-electron chi connectivity index (χ4n) is 2.41. The van der Waals surface area contributed by atoms with E-state index in [1.54, 1.807) is 0 Å². The topological polar surface area (TPSA) is 30.5 Å². The quantitative estimate of drug-likeness (QED) is 0.522. The lowest BCUT2D eigenvalue weighted by Gasteiger charge is -2.15. The molecule has 0 heterocycles. The molecular formula is C20H25Cl2NO2. The van der Waals surface area contributed by atoms with Crippen LogP contribution in [0.2, 0.25) is 10.0 Å². The van der Waals surface area contributed by atoms with Gasteiger partial charge in [-0.2, -0.15) is 0 Å². The Hall–Kier alpha value is -1.42. The maximum atomic E-state index is 6.42. The number of rotatable bonds is 10. The molecule has 0 spiro atoms. The normalized spacial score (nSPS) is 10.7. The van der Waals surface area contributed by atoms with Crippen molar-refractivity contribution >= 4 is 23.2 Å². The molecule has 136 valence electrons. The Morgan fingerprint density at radius 2 is 1.80 bits per heavy atom. The Balaban J connectivity index is 2.09. The number of halogens is 2. The monoisotopic (exact) mass is 381 g/mol. The fourth-order valence-corrected chi connectivity index (χ4v) is 2.84. The minimum absolute atomic E-state index is 0.408. The van der Waals surface area contributed by atoms with E-state index >= 15 is 0 Å². The van der Waals surface area contributed by atoms with E-state index < -0.39 is 0 Å². The summed E-state index contributed by atoms with van der Waals surface area (Å²) in [7, 11) is 0. The van der Waals surface area contributed by atoms with Gasteiger partial charge in [0.1, 0.15) is 6.61 Å². The number of hydrogen-bond donors (Lipinski definition) is 1. The van der Waals surface area contributed by atoms with Crippen LogP contribution in [0.4, 0.5) is 0 Å². The second-order valence-corrected chi connectivity index (χ2v) is 6.62. The standard InChI is InChI=1S/C20H25Cl2NO2/c1-3-5-9-23-13-16-11-19(24-4-2)20(12-18(16)22)25-14-15-7-6-8-17(21)10-15/h6-8,10-12,23H,3-5,9,13-14H2,1-2H3. The van der Waals surface area contributed by atoms with E-state index in [1.165, 1.54) is 6.42 Å². The van der Waals surface area contributed by atoms with Crippen LogP contribution in [-0.4, -0.2) is 13.2 Å². The molecule has 0 fully saturated rings. The van der Waals surface area contributed by atoms with Crippen LogP contribution in [0.3, 0.4) is 0 Å². The van der Waals surface area contributed by atoms with Crippen molar-refractivity contribution in [1.82, 2.24) is 5.32 Å². The van der Waals surface area contributed by atoms with Gasteiger partial charge in [-0.15, -0.1) is 0 Å². The molecule has 1 N–H and O–H groups in total. The first kappa shape index (κ1) is 19.9. The molecule has 0 unspecified atom stereocenters.